The summed E-state index contributed by atoms with van der Waals surface area (Å²) in [5.74, 6) is -3.07. The molecule has 1 aromatic carbocycles. The number of halogens is 4. The second-order valence-electron chi connectivity index (χ2n) is 5.50. The Morgan fingerprint density at radius 2 is 2.14 bits per heavy atom. The van der Waals surface area contributed by atoms with Crippen molar-refractivity contribution in [3.05, 3.63) is 33.3 Å². The monoisotopic (exact) mass is 334 g/mol. The standard InChI is InChI=1S/C14H14Cl2F2N2O/c15-10-2-1-8-6-20(4-3-9(8)12(10)16)13(21)11-5-14(17,18)7-19-11/h1-2,11,19H,3-7H2. The van der Waals surface area contributed by atoms with Gasteiger partial charge in [0.05, 0.1) is 22.6 Å². The highest BCUT2D eigenvalue weighted by molar-refractivity contribution is 6.42. The molecule has 2 aliphatic heterocycles. The van der Waals surface area contributed by atoms with Crippen molar-refractivity contribution >= 4 is 29.1 Å². The zero-order chi connectivity index (χ0) is 15.2. The van der Waals surface area contributed by atoms with E-state index in [1.165, 1.54) is 0 Å². The van der Waals surface area contributed by atoms with E-state index in [0.717, 1.165) is 11.1 Å². The number of benzene rings is 1. The average molecular weight is 335 g/mol. The van der Waals surface area contributed by atoms with E-state index in [2.05, 4.69) is 5.32 Å². The molecule has 2 heterocycles. The summed E-state index contributed by atoms with van der Waals surface area (Å²) in [5.41, 5.74) is 1.87. The molecule has 3 rings (SSSR count). The van der Waals surface area contributed by atoms with Crippen LogP contribution in [-0.2, 0) is 17.8 Å². The Morgan fingerprint density at radius 3 is 2.81 bits per heavy atom. The summed E-state index contributed by atoms with van der Waals surface area (Å²) in [5, 5.41) is 3.61. The van der Waals surface area contributed by atoms with Gasteiger partial charge in [0.25, 0.3) is 5.92 Å². The first-order valence-electron chi connectivity index (χ1n) is 6.73. The quantitative estimate of drug-likeness (QED) is 0.856. The number of fused-ring (bicyclic) bond motifs is 1. The van der Waals surface area contributed by atoms with Crippen molar-refractivity contribution in [2.24, 2.45) is 0 Å². The Balaban J connectivity index is 1.75. The number of amides is 1. The Kier molecular flexibility index (Phi) is 3.84. The van der Waals surface area contributed by atoms with Crippen molar-refractivity contribution in [1.82, 2.24) is 10.2 Å². The highest BCUT2D eigenvalue weighted by Crippen LogP contribution is 2.33. The number of alkyl halides is 2. The third kappa shape index (κ3) is 2.87. The number of carbonyl (C=O) groups is 1. The molecule has 2 aliphatic rings. The van der Waals surface area contributed by atoms with Crippen LogP contribution in [0, 0.1) is 0 Å². The van der Waals surface area contributed by atoms with Crippen LogP contribution in [0.4, 0.5) is 8.78 Å². The summed E-state index contributed by atoms with van der Waals surface area (Å²) in [7, 11) is 0. The molecule has 3 nitrogen and oxygen atoms in total. The molecule has 1 amide bonds. The number of hydrogen-bond acceptors (Lipinski definition) is 2. The van der Waals surface area contributed by atoms with Crippen molar-refractivity contribution in [1.29, 1.82) is 0 Å². The van der Waals surface area contributed by atoms with E-state index in [9.17, 15) is 13.6 Å². The molecule has 0 spiro atoms. The zero-order valence-corrected chi connectivity index (χ0v) is 12.6. The Hall–Kier alpha value is -0.910. The van der Waals surface area contributed by atoms with Gasteiger partial charge in [0.2, 0.25) is 5.91 Å². The van der Waals surface area contributed by atoms with Crippen LogP contribution in [-0.4, -0.2) is 35.9 Å². The summed E-state index contributed by atoms with van der Waals surface area (Å²) in [6.45, 7) is 0.416. The Labute approximate surface area is 131 Å². The molecular weight excluding hydrogens is 321 g/mol. The van der Waals surface area contributed by atoms with E-state index in [1.807, 2.05) is 6.07 Å². The largest absolute Gasteiger partial charge is 0.337 e. The molecule has 1 aromatic rings. The fourth-order valence-corrected chi connectivity index (χ4v) is 3.34. The van der Waals surface area contributed by atoms with E-state index in [0.29, 0.717) is 29.6 Å². The molecule has 0 bridgehead atoms. The molecule has 114 valence electrons. The molecule has 0 radical (unpaired) electrons. The molecule has 7 heteroatoms. The lowest BCUT2D eigenvalue weighted by molar-refractivity contribution is -0.134. The van der Waals surface area contributed by atoms with E-state index < -0.39 is 24.9 Å². The van der Waals surface area contributed by atoms with E-state index in [-0.39, 0.29) is 5.91 Å². The summed E-state index contributed by atoms with van der Waals surface area (Å²) < 4.78 is 26.4. The molecular formula is C14H14Cl2F2N2O. The maximum Gasteiger partial charge on any atom is 0.262 e. The van der Waals surface area contributed by atoms with Crippen LogP contribution >= 0.6 is 23.2 Å². The third-order valence-corrected chi connectivity index (χ3v) is 4.85. The second-order valence-corrected chi connectivity index (χ2v) is 6.29. The van der Waals surface area contributed by atoms with Crippen molar-refractivity contribution in [3.8, 4) is 0 Å². The third-order valence-electron chi connectivity index (χ3n) is 4.01. The van der Waals surface area contributed by atoms with Gasteiger partial charge in [-0.3, -0.25) is 10.1 Å². The van der Waals surface area contributed by atoms with Crippen LogP contribution < -0.4 is 5.32 Å². The fourth-order valence-electron chi connectivity index (χ4n) is 2.88. The van der Waals surface area contributed by atoms with E-state index >= 15 is 0 Å². The number of nitrogens with one attached hydrogen (secondary N) is 1. The summed E-state index contributed by atoms with van der Waals surface area (Å²) >= 11 is 12.1. The van der Waals surface area contributed by atoms with E-state index in [1.54, 1.807) is 11.0 Å². The molecule has 0 saturated carbocycles. The minimum absolute atomic E-state index is 0.274. The molecule has 0 aliphatic carbocycles. The molecule has 0 aromatic heterocycles. The maximum atomic E-state index is 13.2. The average Bonchev–Trinajstić information content (AvgIpc) is 2.82. The van der Waals surface area contributed by atoms with Crippen molar-refractivity contribution in [2.75, 3.05) is 13.1 Å². The van der Waals surface area contributed by atoms with Gasteiger partial charge in [0, 0.05) is 19.5 Å². The first kappa shape index (κ1) is 15.0. The second kappa shape index (κ2) is 5.38. The van der Waals surface area contributed by atoms with Gasteiger partial charge in [-0.1, -0.05) is 29.3 Å². The van der Waals surface area contributed by atoms with Gasteiger partial charge in [-0.15, -0.1) is 0 Å². The van der Waals surface area contributed by atoms with Crippen LogP contribution in [0.5, 0.6) is 0 Å². The number of rotatable bonds is 1. The lowest BCUT2D eigenvalue weighted by Gasteiger charge is -2.31. The normalized spacial score (nSPS) is 24.0. The number of hydrogen-bond donors (Lipinski definition) is 1. The van der Waals surface area contributed by atoms with Gasteiger partial charge in [-0.25, -0.2) is 8.78 Å². The minimum atomic E-state index is -2.80. The molecule has 21 heavy (non-hydrogen) atoms. The Morgan fingerprint density at radius 1 is 1.38 bits per heavy atom. The minimum Gasteiger partial charge on any atom is -0.337 e. The maximum absolute atomic E-state index is 13.2. The molecule has 1 saturated heterocycles. The summed E-state index contributed by atoms with van der Waals surface area (Å²) in [6, 6.07) is 2.72. The summed E-state index contributed by atoms with van der Waals surface area (Å²) in [4.78, 5) is 13.9. The highest BCUT2D eigenvalue weighted by atomic mass is 35.5. The van der Waals surface area contributed by atoms with Crippen LogP contribution in [0.15, 0.2) is 12.1 Å². The van der Waals surface area contributed by atoms with Gasteiger partial charge in [-0.2, -0.15) is 0 Å². The molecule has 1 N–H and O–H groups in total. The Bertz CT molecular complexity index is 595. The first-order chi connectivity index (χ1) is 9.87. The topological polar surface area (TPSA) is 32.3 Å². The van der Waals surface area contributed by atoms with E-state index in [4.69, 9.17) is 23.2 Å². The predicted molar refractivity (Wildman–Crippen MR) is 76.9 cm³/mol. The van der Waals surface area contributed by atoms with Gasteiger partial charge in [0.1, 0.15) is 0 Å². The van der Waals surface area contributed by atoms with Gasteiger partial charge in [-0.05, 0) is 23.6 Å². The summed E-state index contributed by atoms with van der Waals surface area (Å²) in [6.07, 6.45) is 0.153. The lowest BCUT2D eigenvalue weighted by atomic mass is 9.99. The van der Waals surface area contributed by atoms with Crippen molar-refractivity contribution < 1.29 is 13.6 Å². The van der Waals surface area contributed by atoms with Gasteiger partial charge in [0.15, 0.2) is 0 Å². The predicted octanol–water partition coefficient (Wildman–Crippen LogP) is 2.88. The molecule has 1 atom stereocenters. The van der Waals surface area contributed by atoms with Crippen LogP contribution in [0.25, 0.3) is 0 Å². The van der Waals surface area contributed by atoms with Crippen LogP contribution in [0.2, 0.25) is 10.0 Å². The highest BCUT2D eigenvalue weighted by Gasteiger charge is 2.43. The smallest absolute Gasteiger partial charge is 0.262 e. The van der Waals surface area contributed by atoms with Gasteiger partial charge < -0.3 is 4.90 Å². The van der Waals surface area contributed by atoms with Gasteiger partial charge >= 0.3 is 0 Å². The number of nitrogens with zero attached hydrogens (tertiary/aromatic N) is 1. The zero-order valence-electron chi connectivity index (χ0n) is 11.1. The van der Waals surface area contributed by atoms with Crippen LogP contribution in [0.3, 0.4) is 0 Å². The van der Waals surface area contributed by atoms with Crippen molar-refractivity contribution in [2.45, 2.75) is 31.4 Å². The SMILES string of the molecule is O=C(C1CC(F)(F)CN1)N1CCc2c(ccc(Cl)c2Cl)C1. The molecule has 1 unspecified atom stereocenters. The van der Waals surface area contributed by atoms with Crippen molar-refractivity contribution in [3.63, 3.8) is 0 Å². The lowest BCUT2D eigenvalue weighted by Crippen LogP contribution is -2.45. The molecule has 1 fully saturated rings. The first-order valence-corrected chi connectivity index (χ1v) is 7.49. The fraction of sp³-hybridized carbons (Fsp3) is 0.500. The number of carbonyl (C=O) groups excluding carboxylic acids is 1. The van der Waals surface area contributed by atoms with Crippen LogP contribution in [0.1, 0.15) is 17.5 Å².